The molecule has 2 N–H and O–H groups in total. The van der Waals surface area contributed by atoms with Crippen molar-refractivity contribution in [1.82, 2.24) is 0 Å². The van der Waals surface area contributed by atoms with E-state index in [1.165, 1.54) is 5.56 Å². The second-order valence-electron chi connectivity index (χ2n) is 7.80. The first-order chi connectivity index (χ1) is 13.3. The molecule has 28 heavy (non-hydrogen) atoms. The summed E-state index contributed by atoms with van der Waals surface area (Å²) in [5.41, 5.74) is 10.3. The van der Waals surface area contributed by atoms with E-state index in [-0.39, 0.29) is 6.61 Å². The van der Waals surface area contributed by atoms with Gasteiger partial charge in [0.1, 0.15) is 30.3 Å². The van der Waals surface area contributed by atoms with Gasteiger partial charge in [-0.15, -0.1) is 0 Å². The summed E-state index contributed by atoms with van der Waals surface area (Å²) in [4.78, 5) is 10.9. The first-order valence-corrected chi connectivity index (χ1v) is 9.65. The van der Waals surface area contributed by atoms with E-state index in [1.54, 1.807) is 0 Å². The van der Waals surface area contributed by atoms with Gasteiger partial charge in [0.25, 0.3) is 0 Å². The Balaban J connectivity index is 1.81. The Kier molecular flexibility index (Phi) is 5.94. The van der Waals surface area contributed by atoms with Gasteiger partial charge in [-0.3, -0.25) is 4.79 Å². The molecule has 0 radical (unpaired) electrons. The predicted molar refractivity (Wildman–Crippen MR) is 109 cm³/mol. The van der Waals surface area contributed by atoms with Crippen LogP contribution in [0.25, 0.3) is 0 Å². The zero-order valence-corrected chi connectivity index (χ0v) is 17.1. The molecule has 1 heterocycles. The van der Waals surface area contributed by atoms with Crippen LogP contribution in [0.4, 0.5) is 0 Å². The van der Waals surface area contributed by atoms with Crippen molar-refractivity contribution >= 4 is 5.91 Å². The SMILES string of the molecule is Cc1c(C)c2c(c(C)c1OCc1ccccc1)CCC(C)(COCC(N)=O)O2. The number of rotatable bonds is 7. The highest BCUT2D eigenvalue weighted by Gasteiger charge is 2.35. The van der Waals surface area contributed by atoms with Crippen LogP contribution < -0.4 is 15.2 Å². The summed E-state index contributed by atoms with van der Waals surface area (Å²) in [7, 11) is 0. The normalized spacial score (nSPS) is 18.3. The molecule has 0 aromatic heterocycles. The standard InChI is InChI=1S/C23H29NO4/c1-15-16(2)22-19(10-11-23(4,28-22)14-26-13-20(24)25)17(3)21(15)27-12-18-8-6-5-7-9-18/h5-9H,10-14H2,1-4H3,(H2,24,25). The molecule has 1 aliphatic heterocycles. The van der Waals surface area contributed by atoms with Crippen molar-refractivity contribution in [2.24, 2.45) is 5.73 Å². The summed E-state index contributed by atoms with van der Waals surface area (Å²) in [6.45, 7) is 9.04. The highest BCUT2D eigenvalue weighted by molar-refractivity contribution is 5.75. The molecule has 1 aliphatic rings. The number of hydrogen-bond acceptors (Lipinski definition) is 4. The third kappa shape index (κ3) is 4.30. The lowest BCUT2D eigenvalue weighted by Crippen LogP contribution is -2.42. The number of ether oxygens (including phenoxy) is 3. The summed E-state index contributed by atoms with van der Waals surface area (Å²) < 4.78 is 18.0. The van der Waals surface area contributed by atoms with Crippen LogP contribution in [0.1, 0.15) is 41.2 Å². The zero-order chi connectivity index (χ0) is 20.3. The summed E-state index contributed by atoms with van der Waals surface area (Å²) in [5.74, 6) is 1.39. The first kappa shape index (κ1) is 20.2. The first-order valence-electron chi connectivity index (χ1n) is 9.65. The van der Waals surface area contributed by atoms with Gasteiger partial charge in [0.05, 0.1) is 6.61 Å². The lowest BCUT2D eigenvalue weighted by molar-refractivity contribution is -0.125. The van der Waals surface area contributed by atoms with E-state index >= 15 is 0 Å². The lowest BCUT2D eigenvalue weighted by atomic mass is 9.87. The molecule has 0 fully saturated rings. The van der Waals surface area contributed by atoms with Crippen LogP contribution in [0.15, 0.2) is 30.3 Å². The van der Waals surface area contributed by atoms with Crippen molar-refractivity contribution in [3.05, 3.63) is 58.1 Å². The summed E-state index contributed by atoms with van der Waals surface area (Å²) >= 11 is 0. The minimum atomic E-state index is -0.474. The molecule has 0 aliphatic carbocycles. The number of amides is 1. The molecule has 2 aromatic carbocycles. The minimum absolute atomic E-state index is 0.0882. The monoisotopic (exact) mass is 383 g/mol. The molecule has 0 saturated carbocycles. The van der Waals surface area contributed by atoms with Crippen LogP contribution in [0.5, 0.6) is 11.5 Å². The predicted octanol–water partition coefficient (Wildman–Crippen LogP) is 3.78. The van der Waals surface area contributed by atoms with Crippen LogP contribution in [0, 0.1) is 20.8 Å². The third-order valence-electron chi connectivity index (χ3n) is 5.44. The molecule has 1 atom stereocenters. The molecule has 3 rings (SSSR count). The number of fused-ring (bicyclic) bond motifs is 1. The number of carbonyl (C=O) groups excluding carboxylic acids is 1. The van der Waals surface area contributed by atoms with Crippen LogP contribution in [-0.2, 0) is 22.6 Å². The molecule has 0 bridgehead atoms. The minimum Gasteiger partial charge on any atom is -0.488 e. The van der Waals surface area contributed by atoms with Crippen LogP contribution in [0.2, 0.25) is 0 Å². The molecule has 150 valence electrons. The van der Waals surface area contributed by atoms with E-state index in [0.29, 0.717) is 13.2 Å². The van der Waals surface area contributed by atoms with Crippen molar-refractivity contribution in [3.8, 4) is 11.5 Å². The molecule has 5 nitrogen and oxygen atoms in total. The van der Waals surface area contributed by atoms with Crippen molar-refractivity contribution in [2.75, 3.05) is 13.2 Å². The topological polar surface area (TPSA) is 70.8 Å². The number of primary amides is 1. The quantitative estimate of drug-likeness (QED) is 0.790. The number of carbonyl (C=O) groups is 1. The Labute approximate surface area is 166 Å². The fraction of sp³-hybridized carbons (Fsp3) is 0.435. The zero-order valence-electron chi connectivity index (χ0n) is 17.1. The maximum Gasteiger partial charge on any atom is 0.243 e. The molecule has 2 aromatic rings. The fourth-order valence-corrected chi connectivity index (χ4v) is 3.70. The van der Waals surface area contributed by atoms with Gasteiger partial charge in [0.2, 0.25) is 5.91 Å². The van der Waals surface area contributed by atoms with E-state index in [2.05, 4.69) is 32.9 Å². The largest absolute Gasteiger partial charge is 0.488 e. The molecule has 1 amide bonds. The molecular weight excluding hydrogens is 354 g/mol. The summed E-state index contributed by atoms with van der Waals surface area (Å²) in [5, 5.41) is 0. The van der Waals surface area contributed by atoms with Gasteiger partial charge >= 0.3 is 0 Å². The summed E-state index contributed by atoms with van der Waals surface area (Å²) in [6.07, 6.45) is 1.68. The van der Waals surface area contributed by atoms with Gasteiger partial charge in [-0.05, 0) is 62.8 Å². The van der Waals surface area contributed by atoms with Crippen molar-refractivity contribution < 1.29 is 19.0 Å². The van der Waals surface area contributed by atoms with Crippen molar-refractivity contribution in [3.63, 3.8) is 0 Å². The average molecular weight is 383 g/mol. The third-order valence-corrected chi connectivity index (χ3v) is 5.44. The Hall–Kier alpha value is -2.53. The van der Waals surface area contributed by atoms with Crippen LogP contribution in [0.3, 0.4) is 0 Å². The van der Waals surface area contributed by atoms with Gasteiger partial charge < -0.3 is 19.9 Å². The van der Waals surface area contributed by atoms with Gasteiger partial charge in [0.15, 0.2) is 0 Å². The molecule has 5 heteroatoms. The van der Waals surface area contributed by atoms with Crippen molar-refractivity contribution in [2.45, 2.75) is 52.7 Å². The van der Waals surface area contributed by atoms with E-state index < -0.39 is 11.5 Å². The second kappa shape index (κ2) is 8.23. The summed E-state index contributed by atoms with van der Waals surface area (Å²) in [6, 6.07) is 10.2. The van der Waals surface area contributed by atoms with Crippen molar-refractivity contribution in [1.29, 1.82) is 0 Å². The van der Waals surface area contributed by atoms with E-state index in [1.807, 2.05) is 25.1 Å². The molecule has 1 unspecified atom stereocenters. The van der Waals surface area contributed by atoms with Crippen LogP contribution in [-0.4, -0.2) is 24.7 Å². The van der Waals surface area contributed by atoms with E-state index in [0.717, 1.165) is 46.6 Å². The Morgan fingerprint density at radius 2 is 1.86 bits per heavy atom. The van der Waals surface area contributed by atoms with E-state index in [4.69, 9.17) is 19.9 Å². The van der Waals surface area contributed by atoms with E-state index in [9.17, 15) is 4.79 Å². The smallest absolute Gasteiger partial charge is 0.243 e. The highest BCUT2D eigenvalue weighted by Crippen LogP contribution is 2.44. The van der Waals surface area contributed by atoms with Gasteiger partial charge in [0, 0.05) is 5.56 Å². The number of nitrogens with two attached hydrogens (primary N) is 1. The fourth-order valence-electron chi connectivity index (χ4n) is 3.70. The maximum atomic E-state index is 10.9. The second-order valence-corrected chi connectivity index (χ2v) is 7.80. The highest BCUT2D eigenvalue weighted by atomic mass is 16.5. The van der Waals surface area contributed by atoms with Gasteiger partial charge in [-0.25, -0.2) is 0 Å². The lowest BCUT2D eigenvalue weighted by Gasteiger charge is -2.38. The average Bonchev–Trinajstić information content (AvgIpc) is 2.66. The molecule has 0 saturated heterocycles. The number of benzene rings is 2. The molecular formula is C23H29NO4. The molecule has 0 spiro atoms. The van der Waals surface area contributed by atoms with Crippen LogP contribution >= 0.6 is 0 Å². The van der Waals surface area contributed by atoms with Gasteiger partial charge in [-0.2, -0.15) is 0 Å². The maximum absolute atomic E-state index is 10.9. The Bertz CT molecular complexity index is 863. The van der Waals surface area contributed by atoms with Gasteiger partial charge in [-0.1, -0.05) is 30.3 Å². The Morgan fingerprint density at radius 3 is 2.54 bits per heavy atom. The number of hydrogen-bond donors (Lipinski definition) is 1. The Morgan fingerprint density at radius 1 is 1.14 bits per heavy atom.